The number of aromatic amines is 1. The van der Waals surface area contributed by atoms with Crippen molar-refractivity contribution in [2.75, 3.05) is 19.6 Å². The van der Waals surface area contributed by atoms with Crippen LogP contribution in [0.1, 0.15) is 35.6 Å². The normalized spacial score (nSPS) is 18.4. The molecule has 22 heavy (non-hydrogen) atoms. The van der Waals surface area contributed by atoms with Gasteiger partial charge in [0.2, 0.25) is 5.91 Å². The van der Waals surface area contributed by atoms with Gasteiger partial charge in [0.1, 0.15) is 0 Å². The molecule has 1 aromatic heterocycles. The van der Waals surface area contributed by atoms with Crippen molar-refractivity contribution in [3.63, 3.8) is 0 Å². The van der Waals surface area contributed by atoms with Crippen LogP contribution in [0.5, 0.6) is 0 Å². The minimum absolute atomic E-state index is 0.0359. The highest BCUT2D eigenvalue weighted by molar-refractivity contribution is 5.78. The van der Waals surface area contributed by atoms with E-state index in [1.165, 1.54) is 16.8 Å². The van der Waals surface area contributed by atoms with Crippen LogP contribution in [0.25, 0.3) is 0 Å². The summed E-state index contributed by atoms with van der Waals surface area (Å²) in [7, 11) is 0. The number of amides is 1. The number of benzene rings is 1. The van der Waals surface area contributed by atoms with E-state index in [1.54, 1.807) is 0 Å². The molecular weight excluding hydrogens is 276 g/mol. The SMILES string of the molecule is NCC(=O)N1CCC[C@H](c2[nH]ncc2Cc2ccccc2)C1. The Morgan fingerprint density at radius 1 is 1.36 bits per heavy atom. The summed E-state index contributed by atoms with van der Waals surface area (Å²) in [5.41, 5.74) is 9.15. The highest BCUT2D eigenvalue weighted by Crippen LogP contribution is 2.28. The van der Waals surface area contributed by atoms with E-state index in [1.807, 2.05) is 17.2 Å². The number of hydrogen-bond acceptors (Lipinski definition) is 3. The fourth-order valence-electron chi connectivity index (χ4n) is 3.20. The van der Waals surface area contributed by atoms with Crippen LogP contribution in [0.2, 0.25) is 0 Å². The average molecular weight is 298 g/mol. The van der Waals surface area contributed by atoms with Gasteiger partial charge in [-0.3, -0.25) is 9.89 Å². The molecule has 0 spiro atoms. The minimum atomic E-state index is 0.0359. The maximum Gasteiger partial charge on any atom is 0.236 e. The van der Waals surface area contributed by atoms with E-state index in [-0.39, 0.29) is 12.5 Å². The summed E-state index contributed by atoms with van der Waals surface area (Å²) in [6.07, 6.45) is 4.87. The lowest BCUT2D eigenvalue weighted by Crippen LogP contribution is -2.42. The Labute approximate surface area is 130 Å². The molecule has 3 N–H and O–H groups in total. The van der Waals surface area contributed by atoms with Gasteiger partial charge in [-0.15, -0.1) is 0 Å². The van der Waals surface area contributed by atoms with Crippen LogP contribution < -0.4 is 5.73 Å². The number of rotatable bonds is 4. The Morgan fingerprint density at radius 3 is 2.95 bits per heavy atom. The number of likely N-dealkylation sites (tertiary alicyclic amines) is 1. The molecule has 2 aromatic rings. The lowest BCUT2D eigenvalue weighted by Gasteiger charge is -2.32. The van der Waals surface area contributed by atoms with Crippen LogP contribution >= 0.6 is 0 Å². The van der Waals surface area contributed by atoms with Crippen molar-refractivity contribution < 1.29 is 4.79 Å². The second-order valence-corrected chi connectivity index (χ2v) is 5.85. The van der Waals surface area contributed by atoms with Crippen LogP contribution in [0.15, 0.2) is 36.5 Å². The van der Waals surface area contributed by atoms with Crippen LogP contribution in [0.3, 0.4) is 0 Å². The topological polar surface area (TPSA) is 75.0 Å². The highest BCUT2D eigenvalue weighted by Gasteiger charge is 2.26. The largest absolute Gasteiger partial charge is 0.341 e. The Kier molecular flexibility index (Phi) is 4.53. The van der Waals surface area contributed by atoms with Crippen LogP contribution in [-0.2, 0) is 11.2 Å². The zero-order valence-electron chi connectivity index (χ0n) is 12.7. The summed E-state index contributed by atoms with van der Waals surface area (Å²) in [6.45, 7) is 1.64. The van der Waals surface area contributed by atoms with Gasteiger partial charge in [-0.2, -0.15) is 5.10 Å². The van der Waals surface area contributed by atoms with Crippen molar-refractivity contribution in [1.29, 1.82) is 0 Å². The average Bonchev–Trinajstić information content (AvgIpc) is 3.03. The summed E-state index contributed by atoms with van der Waals surface area (Å²) in [4.78, 5) is 13.7. The van der Waals surface area contributed by atoms with Crippen molar-refractivity contribution in [2.24, 2.45) is 5.73 Å². The number of carbonyl (C=O) groups is 1. The zero-order valence-corrected chi connectivity index (χ0v) is 12.7. The van der Waals surface area contributed by atoms with Crippen LogP contribution in [-0.4, -0.2) is 40.6 Å². The zero-order chi connectivity index (χ0) is 15.4. The van der Waals surface area contributed by atoms with Crippen LogP contribution in [0.4, 0.5) is 0 Å². The molecule has 1 aromatic carbocycles. The van der Waals surface area contributed by atoms with E-state index >= 15 is 0 Å². The Morgan fingerprint density at radius 2 is 2.18 bits per heavy atom. The molecule has 116 valence electrons. The Bertz CT molecular complexity index is 623. The molecule has 1 amide bonds. The second kappa shape index (κ2) is 6.75. The summed E-state index contributed by atoms with van der Waals surface area (Å²) in [6, 6.07) is 10.4. The molecular formula is C17H22N4O. The first-order chi connectivity index (χ1) is 10.8. The quantitative estimate of drug-likeness (QED) is 0.901. The number of nitrogens with one attached hydrogen (secondary N) is 1. The van der Waals surface area contributed by atoms with Gasteiger partial charge in [-0.25, -0.2) is 0 Å². The van der Waals surface area contributed by atoms with Crippen LogP contribution in [0, 0.1) is 0 Å². The third-order valence-electron chi connectivity index (χ3n) is 4.35. The summed E-state index contributed by atoms with van der Waals surface area (Å²) >= 11 is 0. The van der Waals surface area contributed by atoms with Gasteiger partial charge in [0.25, 0.3) is 0 Å². The molecule has 1 atom stereocenters. The van der Waals surface area contributed by atoms with Gasteiger partial charge in [-0.1, -0.05) is 30.3 Å². The molecule has 1 aliphatic heterocycles. The molecule has 0 aliphatic carbocycles. The van der Waals surface area contributed by atoms with Crippen molar-refractivity contribution in [3.05, 3.63) is 53.3 Å². The van der Waals surface area contributed by atoms with Gasteiger partial charge in [-0.05, 0) is 24.0 Å². The van der Waals surface area contributed by atoms with Crippen molar-refractivity contribution in [2.45, 2.75) is 25.2 Å². The maximum absolute atomic E-state index is 11.8. The third kappa shape index (κ3) is 3.20. The predicted octanol–water partition coefficient (Wildman–Crippen LogP) is 1.67. The Hall–Kier alpha value is -2.14. The number of nitrogens with two attached hydrogens (primary N) is 1. The van der Waals surface area contributed by atoms with E-state index in [9.17, 15) is 4.79 Å². The second-order valence-electron chi connectivity index (χ2n) is 5.85. The lowest BCUT2D eigenvalue weighted by molar-refractivity contribution is -0.130. The van der Waals surface area contributed by atoms with Gasteiger partial charge < -0.3 is 10.6 Å². The van der Waals surface area contributed by atoms with Gasteiger partial charge >= 0.3 is 0 Å². The van der Waals surface area contributed by atoms with E-state index in [2.05, 4.69) is 34.5 Å². The van der Waals surface area contributed by atoms with Gasteiger partial charge in [0, 0.05) is 31.1 Å². The molecule has 1 fully saturated rings. The molecule has 5 nitrogen and oxygen atoms in total. The maximum atomic E-state index is 11.8. The van der Waals surface area contributed by atoms with E-state index in [0.717, 1.165) is 32.4 Å². The fraction of sp³-hybridized carbons (Fsp3) is 0.412. The molecule has 0 radical (unpaired) electrons. The van der Waals surface area contributed by atoms with E-state index in [4.69, 9.17) is 5.73 Å². The number of H-pyrrole nitrogens is 1. The Balaban J connectivity index is 1.75. The molecule has 0 unspecified atom stereocenters. The molecule has 0 saturated carbocycles. The predicted molar refractivity (Wildman–Crippen MR) is 85.4 cm³/mol. The van der Waals surface area contributed by atoms with Crippen molar-refractivity contribution >= 4 is 5.91 Å². The highest BCUT2D eigenvalue weighted by atomic mass is 16.2. The first-order valence-electron chi connectivity index (χ1n) is 7.82. The fourth-order valence-corrected chi connectivity index (χ4v) is 3.20. The van der Waals surface area contributed by atoms with E-state index in [0.29, 0.717) is 5.92 Å². The first-order valence-corrected chi connectivity index (χ1v) is 7.82. The standard InChI is InChI=1S/C17H22N4O/c18-10-16(22)21-8-4-7-14(12-21)17-15(11-19-20-17)9-13-5-2-1-3-6-13/h1-3,5-6,11,14H,4,7-10,12,18H2,(H,19,20)/t14-/m0/s1. The molecule has 5 heteroatoms. The lowest BCUT2D eigenvalue weighted by atomic mass is 9.91. The molecule has 3 rings (SSSR count). The smallest absolute Gasteiger partial charge is 0.236 e. The van der Waals surface area contributed by atoms with Gasteiger partial charge in [0.15, 0.2) is 0 Å². The first kappa shape index (κ1) is 14.8. The third-order valence-corrected chi connectivity index (χ3v) is 4.35. The monoisotopic (exact) mass is 298 g/mol. The van der Waals surface area contributed by atoms with Gasteiger partial charge in [0.05, 0.1) is 12.7 Å². The molecule has 1 aliphatic rings. The number of piperidine rings is 1. The number of nitrogens with zero attached hydrogens (tertiary/aromatic N) is 2. The van der Waals surface area contributed by atoms with E-state index < -0.39 is 0 Å². The summed E-state index contributed by atoms with van der Waals surface area (Å²) < 4.78 is 0. The van der Waals surface area contributed by atoms with Crippen molar-refractivity contribution in [3.8, 4) is 0 Å². The summed E-state index contributed by atoms with van der Waals surface area (Å²) in [5, 5.41) is 7.38. The minimum Gasteiger partial charge on any atom is -0.341 e. The molecule has 1 saturated heterocycles. The molecule has 0 bridgehead atoms. The summed E-state index contributed by atoms with van der Waals surface area (Å²) in [5.74, 6) is 0.360. The van der Waals surface area contributed by atoms with Crippen molar-refractivity contribution in [1.82, 2.24) is 15.1 Å². The number of aromatic nitrogens is 2. The number of hydrogen-bond donors (Lipinski definition) is 2. The molecule has 2 heterocycles. The number of carbonyl (C=O) groups excluding carboxylic acids is 1.